The number of benzene rings is 1. The zero-order chi connectivity index (χ0) is 19.7. The molecule has 2 aromatic heterocycles. The molecule has 2 amide bonds. The maximum atomic E-state index is 12.5. The van der Waals surface area contributed by atoms with Crippen LogP contribution in [0.4, 0.5) is 4.79 Å². The van der Waals surface area contributed by atoms with Gasteiger partial charge >= 0.3 is 12.0 Å². The summed E-state index contributed by atoms with van der Waals surface area (Å²) in [5, 5.41) is 7.36. The number of thiazole rings is 1. The molecule has 1 aliphatic rings. The van der Waals surface area contributed by atoms with Crippen LogP contribution in [0.5, 0.6) is 0 Å². The molecule has 0 aliphatic carbocycles. The third-order valence-electron chi connectivity index (χ3n) is 4.62. The van der Waals surface area contributed by atoms with E-state index in [1.54, 1.807) is 30.1 Å². The molecule has 0 saturated heterocycles. The summed E-state index contributed by atoms with van der Waals surface area (Å²) in [4.78, 5) is 32.4. The van der Waals surface area contributed by atoms with Gasteiger partial charge in [0.15, 0.2) is 5.82 Å². The second-order valence-corrected chi connectivity index (χ2v) is 7.62. The summed E-state index contributed by atoms with van der Waals surface area (Å²) in [7, 11) is 0. The Hall–Kier alpha value is -2.94. The van der Waals surface area contributed by atoms with E-state index >= 15 is 0 Å². The smallest absolute Gasteiger partial charge is 0.328 e. The van der Waals surface area contributed by atoms with Gasteiger partial charge in [0.05, 0.1) is 18.8 Å². The van der Waals surface area contributed by atoms with Crippen molar-refractivity contribution < 1.29 is 14.3 Å². The molecule has 8 nitrogen and oxygen atoms in total. The number of carbonyl (C=O) groups is 2. The van der Waals surface area contributed by atoms with E-state index in [1.807, 2.05) is 34.8 Å². The molecule has 0 unspecified atom stereocenters. The number of fused-ring (bicyclic) bond motifs is 3. The monoisotopic (exact) mass is 399 g/mol. The lowest BCUT2D eigenvalue weighted by atomic mass is 10.2. The van der Waals surface area contributed by atoms with E-state index in [2.05, 4.69) is 15.4 Å². The molecular formula is C19H21N5O3S. The molecular weight excluding hydrogens is 378 g/mol. The number of amides is 2. The average Bonchev–Trinajstić information content (AvgIpc) is 3.26. The second-order valence-electron chi connectivity index (χ2n) is 6.56. The van der Waals surface area contributed by atoms with Crippen LogP contribution in [0.3, 0.4) is 0 Å². The maximum absolute atomic E-state index is 12.5. The van der Waals surface area contributed by atoms with E-state index in [0.717, 1.165) is 21.1 Å². The lowest BCUT2D eigenvalue weighted by molar-refractivity contribution is -0.144. The first kappa shape index (κ1) is 18.4. The molecule has 9 heteroatoms. The molecule has 0 spiro atoms. The molecule has 0 fully saturated rings. The highest BCUT2D eigenvalue weighted by molar-refractivity contribution is 7.17. The number of hydrogen-bond acceptors (Lipinski definition) is 6. The van der Waals surface area contributed by atoms with E-state index in [0.29, 0.717) is 31.9 Å². The largest absolute Gasteiger partial charge is 0.464 e. The summed E-state index contributed by atoms with van der Waals surface area (Å²) in [6.07, 6.45) is 0.689. The standard InChI is InChI=1S/C19H21N5O3S/c1-3-27-17(25)12(2)20-18(26)23-10-9-14-15(11-23)28-19-21-16(22-24(14)19)13-7-5-4-6-8-13/h4-8,12H,3,9-11H2,1-2H3,(H,20,26)/t12-/m0/s1. The minimum atomic E-state index is -0.676. The van der Waals surface area contributed by atoms with E-state index in [4.69, 9.17) is 4.74 Å². The van der Waals surface area contributed by atoms with Gasteiger partial charge in [-0.25, -0.2) is 14.1 Å². The van der Waals surface area contributed by atoms with Gasteiger partial charge in [-0.3, -0.25) is 0 Å². The highest BCUT2D eigenvalue weighted by Crippen LogP contribution is 2.29. The Morgan fingerprint density at radius 3 is 2.86 bits per heavy atom. The molecule has 4 rings (SSSR count). The van der Waals surface area contributed by atoms with Crippen molar-refractivity contribution in [2.24, 2.45) is 0 Å². The Kier molecular flexibility index (Phi) is 4.99. The van der Waals surface area contributed by atoms with Crippen LogP contribution in [0.2, 0.25) is 0 Å². The van der Waals surface area contributed by atoms with Crippen molar-refractivity contribution in [3.63, 3.8) is 0 Å². The quantitative estimate of drug-likeness (QED) is 0.681. The van der Waals surface area contributed by atoms with Gasteiger partial charge < -0.3 is 15.0 Å². The number of carbonyl (C=O) groups excluding carboxylic acids is 2. The third-order valence-corrected chi connectivity index (χ3v) is 5.68. The molecule has 1 aromatic carbocycles. The maximum Gasteiger partial charge on any atom is 0.328 e. The number of urea groups is 1. The number of nitrogens with one attached hydrogen (secondary N) is 1. The predicted molar refractivity (Wildman–Crippen MR) is 105 cm³/mol. The van der Waals surface area contributed by atoms with Gasteiger partial charge in [-0.05, 0) is 13.8 Å². The Morgan fingerprint density at radius 1 is 1.32 bits per heavy atom. The minimum absolute atomic E-state index is 0.268. The fraction of sp³-hybridized carbons (Fsp3) is 0.368. The normalized spacial score (nSPS) is 14.6. The summed E-state index contributed by atoms with van der Waals surface area (Å²) >= 11 is 1.55. The van der Waals surface area contributed by atoms with Crippen LogP contribution in [0, 0.1) is 0 Å². The van der Waals surface area contributed by atoms with Gasteiger partial charge in [0.1, 0.15) is 6.04 Å². The topological polar surface area (TPSA) is 88.8 Å². The van der Waals surface area contributed by atoms with Crippen molar-refractivity contribution in [3.8, 4) is 11.4 Å². The average molecular weight is 399 g/mol. The first-order valence-electron chi connectivity index (χ1n) is 9.21. The number of hydrogen-bond donors (Lipinski definition) is 1. The van der Waals surface area contributed by atoms with Crippen molar-refractivity contribution in [1.82, 2.24) is 24.8 Å². The number of rotatable bonds is 4. The van der Waals surface area contributed by atoms with Crippen LogP contribution >= 0.6 is 11.3 Å². The summed E-state index contributed by atoms with van der Waals surface area (Å²) in [6, 6.07) is 8.93. The molecule has 0 saturated carbocycles. The van der Waals surface area contributed by atoms with Gasteiger partial charge in [-0.15, -0.1) is 5.10 Å². The summed E-state index contributed by atoms with van der Waals surface area (Å²) in [6.45, 7) is 4.69. The van der Waals surface area contributed by atoms with E-state index in [9.17, 15) is 9.59 Å². The fourth-order valence-corrected chi connectivity index (χ4v) is 4.29. The molecule has 0 bridgehead atoms. The highest BCUT2D eigenvalue weighted by atomic mass is 32.1. The first-order chi connectivity index (χ1) is 13.6. The molecule has 3 aromatic rings. The first-order valence-corrected chi connectivity index (χ1v) is 10.0. The van der Waals surface area contributed by atoms with E-state index in [1.165, 1.54) is 0 Å². The minimum Gasteiger partial charge on any atom is -0.464 e. The van der Waals surface area contributed by atoms with Crippen LogP contribution < -0.4 is 5.32 Å². The van der Waals surface area contributed by atoms with Crippen molar-refractivity contribution in [2.75, 3.05) is 13.2 Å². The van der Waals surface area contributed by atoms with Crippen LogP contribution in [-0.4, -0.2) is 50.7 Å². The highest BCUT2D eigenvalue weighted by Gasteiger charge is 2.28. The lowest BCUT2D eigenvalue weighted by Crippen LogP contribution is -2.48. The van der Waals surface area contributed by atoms with Crippen LogP contribution in [-0.2, 0) is 22.5 Å². The van der Waals surface area contributed by atoms with Crippen molar-refractivity contribution in [1.29, 1.82) is 0 Å². The molecule has 146 valence electrons. The van der Waals surface area contributed by atoms with Crippen molar-refractivity contribution in [3.05, 3.63) is 40.9 Å². The molecule has 1 aliphatic heterocycles. The molecule has 28 heavy (non-hydrogen) atoms. The van der Waals surface area contributed by atoms with Gasteiger partial charge in [0.25, 0.3) is 0 Å². The number of nitrogens with zero attached hydrogens (tertiary/aromatic N) is 4. The van der Waals surface area contributed by atoms with Gasteiger partial charge in [0, 0.05) is 23.4 Å². The molecule has 0 radical (unpaired) electrons. The third kappa shape index (κ3) is 3.45. The molecule has 3 heterocycles. The Labute approximate surface area is 166 Å². The Morgan fingerprint density at radius 2 is 2.11 bits per heavy atom. The van der Waals surface area contributed by atoms with Gasteiger partial charge in [-0.1, -0.05) is 41.7 Å². The number of esters is 1. The summed E-state index contributed by atoms with van der Waals surface area (Å²) < 4.78 is 6.82. The Bertz CT molecular complexity index is 1010. The lowest BCUT2D eigenvalue weighted by Gasteiger charge is -2.27. The van der Waals surface area contributed by atoms with Crippen LogP contribution in [0.1, 0.15) is 24.4 Å². The zero-order valence-corrected chi connectivity index (χ0v) is 16.5. The molecule has 1 atom stereocenters. The fourth-order valence-electron chi connectivity index (χ4n) is 3.17. The van der Waals surface area contributed by atoms with Crippen molar-refractivity contribution >= 4 is 28.3 Å². The van der Waals surface area contributed by atoms with E-state index < -0.39 is 12.0 Å². The SMILES string of the molecule is CCOC(=O)[C@H](C)NC(=O)N1CCc2c(sc3nc(-c4ccccc4)nn23)C1. The predicted octanol–water partition coefficient (Wildman–Crippen LogP) is 2.48. The number of ether oxygens (including phenoxy) is 1. The Balaban J connectivity index is 1.48. The number of aromatic nitrogens is 3. The summed E-state index contributed by atoms with van der Waals surface area (Å²) in [5.74, 6) is 0.277. The molecule has 1 N–H and O–H groups in total. The second kappa shape index (κ2) is 7.59. The van der Waals surface area contributed by atoms with E-state index in [-0.39, 0.29) is 6.03 Å². The van der Waals surface area contributed by atoms with Gasteiger partial charge in [0.2, 0.25) is 4.96 Å². The summed E-state index contributed by atoms with van der Waals surface area (Å²) in [5.41, 5.74) is 2.08. The zero-order valence-electron chi connectivity index (χ0n) is 15.7. The van der Waals surface area contributed by atoms with Crippen LogP contribution in [0.15, 0.2) is 30.3 Å². The van der Waals surface area contributed by atoms with Crippen LogP contribution in [0.25, 0.3) is 16.3 Å². The van der Waals surface area contributed by atoms with Crippen molar-refractivity contribution in [2.45, 2.75) is 32.9 Å². The van der Waals surface area contributed by atoms with Gasteiger partial charge in [-0.2, -0.15) is 4.98 Å².